The van der Waals surface area contributed by atoms with Crippen LogP contribution in [0.25, 0.3) is 10.9 Å². The molecule has 0 unspecified atom stereocenters. The van der Waals surface area contributed by atoms with Crippen LogP contribution in [0, 0.1) is 11.3 Å². The molecule has 1 aromatic heterocycles. The van der Waals surface area contributed by atoms with Crippen LogP contribution in [0.1, 0.15) is 64.7 Å². The summed E-state index contributed by atoms with van der Waals surface area (Å²) >= 11 is 0.0577. The van der Waals surface area contributed by atoms with Crippen molar-refractivity contribution in [2.24, 2.45) is 18.4 Å². The maximum absolute atomic E-state index is 15.1. The zero-order valence-electron chi connectivity index (χ0n) is 25.4. The molecule has 2 aromatic carbocycles. The first-order valence-electron chi connectivity index (χ1n) is 14.6. The molecule has 1 fully saturated rings. The van der Waals surface area contributed by atoms with Crippen LogP contribution in [0.5, 0.6) is 0 Å². The average Bonchev–Trinajstić information content (AvgIpc) is 3.21. The minimum atomic E-state index is -2.24. The first-order chi connectivity index (χ1) is 18.6. The Morgan fingerprint density at radius 2 is 1.75 bits per heavy atom. The molecule has 0 amide bonds. The van der Waals surface area contributed by atoms with Gasteiger partial charge in [0.1, 0.15) is 0 Å². The zero-order valence-corrected chi connectivity index (χ0v) is 28.1. The van der Waals surface area contributed by atoms with Gasteiger partial charge in [-0.2, -0.15) is 0 Å². The standard InChI is InChI=1S/C34H43NO3SeSi/c1-31(2,3)40(8,9)38-26-18-23-30(37)34(20-36)29-21(15-16-25-28(29)24(19-35(25)7)32(23,4)5)17-27(33(26,34)6)39-22-13-11-10-12-14-22/h10-16,19-20,23,26-27H,17-18H2,1-9H3/t23-,26-,27-,33-,34-/m0/s1. The summed E-state index contributed by atoms with van der Waals surface area (Å²) in [5, 5.41) is 1.15. The molecule has 3 aliphatic rings. The van der Waals surface area contributed by atoms with Gasteiger partial charge in [0.15, 0.2) is 0 Å². The Bertz CT molecular complexity index is 1530. The van der Waals surface area contributed by atoms with Crippen LogP contribution in [0.3, 0.4) is 0 Å². The van der Waals surface area contributed by atoms with Gasteiger partial charge >= 0.3 is 247 Å². The zero-order chi connectivity index (χ0) is 29.0. The molecule has 1 heterocycles. The topological polar surface area (TPSA) is 48.3 Å². The number of aromatic nitrogens is 1. The molecule has 2 bridgehead atoms. The number of benzene rings is 2. The Morgan fingerprint density at radius 3 is 2.38 bits per heavy atom. The second-order valence-electron chi connectivity index (χ2n) is 14.7. The van der Waals surface area contributed by atoms with Crippen molar-refractivity contribution < 1.29 is 14.0 Å². The quantitative estimate of drug-likeness (QED) is 0.192. The van der Waals surface area contributed by atoms with Crippen LogP contribution in [-0.2, 0) is 38.3 Å². The van der Waals surface area contributed by atoms with Crippen LogP contribution >= 0.6 is 0 Å². The minimum absolute atomic E-state index is 0.0179. The van der Waals surface area contributed by atoms with E-state index in [9.17, 15) is 4.79 Å². The Hall–Kier alpha value is -1.98. The molecule has 0 saturated heterocycles. The van der Waals surface area contributed by atoms with Gasteiger partial charge in [0.25, 0.3) is 0 Å². The summed E-state index contributed by atoms with van der Waals surface area (Å²) in [6.45, 7) is 18.2. The molecule has 6 heteroatoms. The molecule has 6 rings (SSSR count). The number of hydrogen-bond acceptors (Lipinski definition) is 3. The van der Waals surface area contributed by atoms with Gasteiger partial charge in [-0.05, 0) is 0 Å². The molecule has 212 valence electrons. The van der Waals surface area contributed by atoms with Crippen LogP contribution < -0.4 is 4.46 Å². The summed E-state index contributed by atoms with van der Waals surface area (Å²) in [4.78, 5) is 29.2. The molecule has 3 aliphatic carbocycles. The molecular weight excluding hydrogens is 577 g/mol. The van der Waals surface area contributed by atoms with Crippen molar-refractivity contribution in [3.05, 3.63) is 65.4 Å². The normalized spacial score (nSPS) is 30.9. The summed E-state index contributed by atoms with van der Waals surface area (Å²) in [6, 6.07) is 15.1. The number of fused-ring (bicyclic) bond motifs is 1. The van der Waals surface area contributed by atoms with Crippen molar-refractivity contribution in [1.29, 1.82) is 0 Å². The second kappa shape index (κ2) is 8.76. The monoisotopic (exact) mass is 621 g/mol. The van der Waals surface area contributed by atoms with Crippen molar-refractivity contribution in [2.45, 2.75) is 94.3 Å². The van der Waals surface area contributed by atoms with Gasteiger partial charge < -0.3 is 0 Å². The maximum atomic E-state index is 15.1. The molecular formula is C34H43NO3SeSi. The fourth-order valence-corrected chi connectivity index (χ4v) is 12.4. The van der Waals surface area contributed by atoms with E-state index in [1.165, 1.54) is 15.6 Å². The van der Waals surface area contributed by atoms with E-state index in [2.05, 4.69) is 115 Å². The van der Waals surface area contributed by atoms with Gasteiger partial charge in [-0.3, -0.25) is 0 Å². The molecule has 0 N–H and O–H groups in total. The number of Topliss-reactive ketones (excluding diaryl/α,β-unsaturated/α-hetero) is 1. The molecule has 0 radical (unpaired) electrons. The van der Waals surface area contributed by atoms with Crippen LogP contribution in [0.2, 0.25) is 22.9 Å². The van der Waals surface area contributed by atoms with Crippen LogP contribution in [0.4, 0.5) is 0 Å². The van der Waals surface area contributed by atoms with Crippen LogP contribution in [-0.4, -0.2) is 46.0 Å². The number of rotatable bonds is 5. The number of carbonyl (C=O) groups excluding carboxylic acids is 2. The van der Waals surface area contributed by atoms with E-state index in [4.69, 9.17) is 4.43 Å². The molecule has 1 saturated carbocycles. The summed E-state index contributed by atoms with van der Waals surface area (Å²) in [5.41, 5.74) is 2.16. The Balaban J connectivity index is 1.70. The number of aldehydes is 1. The van der Waals surface area contributed by atoms with Gasteiger partial charge in [0, 0.05) is 0 Å². The Kier molecular flexibility index (Phi) is 6.17. The number of carbonyl (C=O) groups is 2. The number of ketones is 1. The third kappa shape index (κ3) is 3.46. The van der Waals surface area contributed by atoms with E-state index in [-0.39, 0.29) is 42.6 Å². The number of hydrogen-bond donors (Lipinski definition) is 0. The second-order valence-corrected chi connectivity index (χ2v) is 22.2. The molecule has 0 aliphatic heterocycles. The predicted octanol–water partition coefficient (Wildman–Crippen LogP) is 6.27. The Labute approximate surface area is 246 Å². The first kappa shape index (κ1) is 28.2. The van der Waals surface area contributed by atoms with Crippen molar-refractivity contribution >= 4 is 50.7 Å². The van der Waals surface area contributed by atoms with E-state index in [1.807, 2.05) is 0 Å². The molecule has 5 atom stereocenters. The summed E-state index contributed by atoms with van der Waals surface area (Å²) in [5.74, 6) is -0.180. The van der Waals surface area contributed by atoms with Gasteiger partial charge in [-0.15, -0.1) is 0 Å². The third-order valence-electron chi connectivity index (χ3n) is 11.4. The third-order valence-corrected chi connectivity index (χ3v) is 19.0. The number of aryl methyl sites for hydroxylation is 1. The van der Waals surface area contributed by atoms with Crippen molar-refractivity contribution in [3.63, 3.8) is 0 Å². The van der Waals surface area contributed by atoms with Crippen molar-refractivity contribution in [1.82, 2.24) is 4.57 Å². The molecule has 0 spiro atoms. The van der Waals surface area contributed by atoms with E-state index >= 15 is 4.79 Å². The SMILES string of the molecule is Cn1cc2c3c4c(ccc31)C[C@H]([Se]c1ccccc1)[C@]1(C)[C@@H](O[Si](C)(C)C(C)(C)C)C[C@@H](C(=O)[C@]41C=O)C2(C)C. The molecule has 3 aromatic rings. The van der Waals surface area contributed by atoms with E-state index < -0.39 is 24.6 Å². The number of nitrogens with zero attached hydrogens (tertiary/aromatic N) is 1. The summed E-state index contributed by atoms with van der Waals surface area (Å²) < 4.78 is 10.9. The van der Waals surface area contributed by atoms with Crippen molar-refractivity contribution in [2.75, 3.05) is 0 Å². The fraction of sp³-hybridized carbons (Fsp3) is 0.529. The van der Waals surface area contributed by atoms with E-state index in [1.54, 1.807) is 0 Å². The Morgan fingerprint density at radius 1 is 1.07 bits per heavy atom. The predicted molar refractivity (Wildman–Crippen MR) is 166 cm³/mol. The molecule has 4 nitrogen and oxygen atoms in total. The summed E-state index contributed by atoms with van der Waals surface area (Å²) in [7, 11) is -0.145. The molecule has 40 heavy (non-hydrogen) atoms. The van der Waals surface area contributed by atoms with E-state index in [0.717, 1.165) is 29.2 Å². The first-order valence-corrected chi connectivity index (χ1v) is 19.4. The van der Waals surface area contributed by atoms with E-state index in [0.29, 0.717) is 6.42 Å². The van der Waals surface area contributed by atoms with Crippen molar-refractivity contribution in [3.8, 4) is 0 Å². The average molecular weight is 621 g/mol. The van der Waals surface area contributed by atoms with Gasteiger partial charge in [0.05, 0.1) is 0 Å². The fourth-order valence-electron chi connectivity index (χ4n) is 7.85. The summed E-state index contributed by atoms with van der Waals surface area (Å²) in [6.07, 6.45) is 4.63. The van der Waals surface area contributed by atoms with Gasteiger partial charge in [-0.1, -0.05) is 0 Å². The van der Waals surface area contributed by atoms with Crippen LogP contribution in [0.15, 0.2) is 48.7 Å². The van der Waals surface area contributed by atoms with Gasteiger partial charge in [0.2, 0.25) is 0 Å². The van der Waals surface area contributed by atoms with Gasteiger partial charge in [-0.25, -0.2) is 0 Å².